The van der Waals surface area contributed by atoms with Crippen molar-refractivity contribution in [2.45, 2.75) is 39.5 Å². The smallest absolute Gasteiger partial charge is 0.304 e. The average molecular weight is 275 g/mol. The van der Waals surface area contributed by atoms with Crippen LogP contribution in [0.2, 0.25) is 0 Å². The van der Waals surface area contributed by atoms with E-state index in [9.17, 15) is 4.79 Å². The highest BCUT2D eigenvalue weighted by atomic mass is 16.5. The van der Waals surface area contributed by atoms with Crippen LogP contribution in [0.5, 0.6) is 5.75 Å². The predicted octanol–water partition coefficient (Wildman–Crippen LogP) is 3.55. The number of rotatable bonds is 4. The second-order valence-corrected chi connectivity index (χ2v) is 5.97. The molecule has 2 rings (SSSR count). The van der Waals surface area contributed by atoms with Gasteiger partial charge in [0.25, 0.3) is 0 Å². The fourth-order valence-corrected chi connectivity index (χ4v) is 3.03. The first kappa shape index (κ1) is 14.4. The van der Waals surface area contributed by atoms with Crippen LogP contribution in [0.25, 0.3) is 10.9 Å². The minimum Gasteiger partial charge on any atom is -0.495 e. The Morgan fingerprint density at radius 1 is 1.35 bits per heavy atom. The summed E-state index contributed by atoms with van der Waals surface area (Å²) in [6.07, 6.45) is 0.0943. The molecule has 2 N–H and O–H groups in total. The summed E-state index contributed by atoms with van der Waals surface area (Å²) < 4.78 is 5.42. The van der Waals surface area contributed by atoms with Crippen LogP contribution in [0.3, 0.4) is 0 Å². The van der Waals surface area contributed by atoms with Crippen molar-refractivity contribution in [2.24, 2.45) is 0 Å². The summed E-state index contributed by atoms with van der Waals surface area (Å²) in [6, 6.07) is 4.06. The molecule has 0 amide bonds. The van der Waals surface area contributed by atoms with E-state index in [-0.39, 0.29) is 6.42 Å². The van der Waals surface area contributed by atoms with Gasteiger partial charge >= 0.3 is 5.97 Å². The van der Waals surface area contributed by atoms with Gasteiger partial charge in [0.2, 0.25) is 0 Å². The Bertz CT molecular complexity index is 668. The van der Waals surface area contributed by atoms with E-state index in [4.69, 9.17) is 9.84 Å². The normalized spacial score (nSPS) is 11.8. The number of aromatic nitrogens is 1. The average Bonchev–Trinajstić information content (AvgIpc) is 2.62. The van der Waals surface area contributed by atoms with Crippen molar-refractivity contribution < 1.29 is 14.6 Å². The summed E-state index contributed by atoms with van der Waals surface area (Å²) >= 11 is 0. The molecule has 2 aromatic rings. The van der Waals surface area contributed by atoms with E-state index in [2.05, 4.69) is 11.1 Å². The Hall–Kier alpha value is -1.97. The summed E-state index contributed by atoms with van der Waals surface area (Å²) in [5, 5.41) is 10.2. The lowest BCUT2D eigenvalue weighted by Gasteiger charge is -2.23. The van der Waals surface area contributed by atoms with E-state index in [0.717, 1.165) is 33.5 Å². The van der Waals surface area contributed by atoms with E-state index in [0.29, 0.717) is 0 Å². The molecular formula is C16H21NO3. The highest BCUT2D eigenvalue weighted by Gasteiger charge is 2.29. The van der Waals surface area contributed by atoms with Crippen molar-refractivity contribution >= 4 is 16.9 Å². The third-order valence-corrected chi connectivity index (χ3v) is 3.69. The van der Waals surface area contributed by atoms with Crippen LogP contribution in [-0.4, -0.2) is 23.2 Å². The van der Waals surface area contributed by atoms with Crippen LogP contribution >= 0.6 is 0 Å². The van der Waals surface area contributed by atoms with Gasteiger partial charge < -0.3 is 14.8 Å². The predicted molar refractivity (Wildman–Crippen MR) is 79.6 cm³/mol. The van der Waals surface area contributed by atoms with E-state index < -0.39 is 11.4 Å². The first-order valence-electron chi connectivity index (χ1n) is 6.65. The molecule has 1 aromatic heterocycles. The zero-order valence-electron chi connectivity index (χ0n) is 12.6. The van der Waals surface area contributed by atoms with Crippen molar-refractivity contribution in [2.75, 3.05) is 7.11 Å². The maximum Gasteiger partial charge on any atom is 0.304 e. The first-order valence-corrected chi connectivity index (χ1v) is 6.65. The van der Waals surface area contributed by atoms with Gasteiger partial charge in [-0.2, -0.15) is 0 Å². The molecular weight excluding hydrogens is 254 g/mol. The molecule has 0 saturated heterocycles. The molecule has 0 bridgehead atoms. The van der Waals surface area contributed by atoms with Gasteiger partial charge in [-0.05, 0) is 37.1 Å². The van der Waals surface area contributed by atoms with Gasteiger partial charge in [-0.1, -0.05) is 13.8 Å². The van der Waals surface area contributed by atoms with Gasteiger partial charge in [0, 0.05) is 16.5 Å². The number of aliphatic carboxylic acids is 1. The molecule has 20 heavy (non-hydrogen) atoms. The molecule has 4 heteroatoms. The number of carbonyl (C=O) groups is 1. The number of aromatic amines is 1. The van der Waals surface area contributed by atoms with Gasteiger partial charge in [0.05, 0.1) is 19.0 Å². The number of H-pyrrole nitrogens is 1. The van der Waals surface area contributed by atoms with Crippen LogP contribution in [0.1, 0.15) is 37.1 Å². The quantitative estimate of drug-likeness (QED) is 0.897. The molecule has 0 atom stereocenters. The summed E-state index contributed by atoms with van der Waals surface area (Å²) in [7, 11) is 1.65. The maximum atomic E-state index is 11.1. The number of nitrogens with one attached hydrogen (secondary N) is 1. The molecule has 4 nitrogen and oxygen atoms in total. The molecule has 1 aromatic carbocycles. The second-order valence-electron chi connectivity index (χ2n) is 5.97. The molecule has 0 unspecified atom stereocenters. The molecule has 0 aliphatic carbocycles. The lowest BCUT2D eigenvalue weighted by molar-refractivity contribution is -0.138. The van der Waals surface area contributed by atoms with Crippen LogP contribution in [-0.2, 0) is 10.2 Å². The SMILES string of the molecule is COc1cc(C)cc2c(C(C)(C)CC(=O)O)c(C)[nH]c12. The van der Waals surface area contributed by atoms with E-state index in [1.54, 1.807) is 7.11 Å². The number of benzene rings is 1. The fraction of sp³-hybridized carbons (Fsp3) is 0.438. The minimum atomic E-state index is -0.789. The summed E-state index contributed by atoms with van der Waals surface area (Å²) in [5.74, 6) is 0.00356. The molecule has 0 spiro atoms. The monoisotopic (exact) mass is 275 g/mol. The number of carboxylic acids is 1. The summed E-state index contributed by atoms with van der Waals surface area (Å²) in [6.45, 7) is 7.92. The van der Waals surface area contributed by atoms with Gasteiger partial charge in [-0.25, -0.2) is 0 Å². The topological polar surface area (TPSA) is 62.3 Å². The molecule has 0 fully saturated rings. The van der Waals surface area contributed by atoms with Crippen molar-refractivity contribution in [3.63, 3.8) is 0 Å². The number of hydrogen-bond acceptors (Lipinski definition) is 2. The van der Waals surface area contributed by atoms with Crippen molar-refractivity contribution in [1.29, 1.82) is 0 Å². The Morgan fingerprint density at radius 3 is 2.55 bits per heavy atom. The number of aryl methyl sites for hydroxylation is 2. The number of ether oxygens (including phenoxy) is 1. The molecule has 1 heterocycles. The van der Waals surface area contributed by atoms with Crippen LogP contribution in [0, 0.1) is 13.8 Å². The molecule has 0 aliphatic heterocycles. The summed E-state index contributed by atoms with van der Waals surface area (Å²) in [5.41, 5.74) is 3.64. The largest absolute Gasteiger partial charge is 0.495 e. The van der Waals surface area contributed by atoms with Crippen LogP contribution in [0.15, 0.2) is 12.1 Å². The third kappa shape index (κ3) is 2.38. The molecule has 108 valence electrons. The highest BCUT2D eigenvalue weighted by molar-refractivity contribution is 5.91. The lowest BCUT2D eigenvalue weighted by atomic mass is 9.80. The Morgan fingerprint density at radius 2 is 2.00 bits per heavy atom. The van der Waals surface area contributed by atoms with Gasteiger partial charge in [0.1, 0.15) is 5.75 Å². The van der Waals surface area contributed by atoms with Crippen molar-refractivity contribution in [1.82, 2.24) is 4.98 Å². The van der Waals surface area contributed by atoms with Crippen LogP contribution in [0.4, 0.5) is 0 Å². The highest BCUT2D eigenvalue weighted by Crippen LogP contribution is 2.39. The van der Waals surface area contributed by atoms with E-state index >= 15 is 0 Å². The minimum absolute atomic E-state index is 0.0943. The third-order valence-electron chi connectivity index (χ3n) is 3.69. The fourth-order valence-electron chi connectivity index (χ4n) is 3.03. The number of fused-ring (bicyclic) bond motifs is 1. The second kappa shape index (κ2) is 4.85. The Kier molecular flexibility index (Phi) is 3.50. The first-order chi connectivity index (χ1) is 9.26. The molecule has 0 radical (unpaired) electrons. The Labute approximate surface area is 118 Å². The lowest BCUT2D eigenvalue weighted by Crippen LogP contribution is -2.22. The Balaban J connectivity index is 2.73. The molecule has 0 saturated carbocycles. The number of hydrogen-bond donors (Lipinski definition) is 2. The van der Waals surface area contributed by atoms with Gasteiger partial charge in [-0.3, -0.25) is 4.79 Å². The van der Waals surface area contributed by atoms with Gasteiger partial charge in [0.15, 0.2) is 0 Å². The number of methoxy groups -OCH3 is 1. The zero-order valence-corrected chi connectivity index (χ0v) is 12.6. The zero-order chi connectivity index (χ0) is 15.1. The number of carboxylic acid groups (broad SMARTS) is 1. The van der Waals surface area contributed by atoms with Gasteiger partial charge in [-0.15, -0.1) is 0 Å². The standard InChI is InChI=1S/C16H21NO3/c1-9-6-11-14(16(3,4)8-13(18)19)10(2)17-15(11)12(7-9)20-5/h6-7,17H,8H2,1-5H3,(H,18,19). The molecule has 0 aliphatic rings. The summed E-state index contributed by atoms with van der Waals surface area (Å²) in [4.78, 5) is 14.4. The van der Waals surface area contributed by atoms with E-state index in [1.165, 1.54) is 0 Å². The van der Waals surface area contributed by atoms with Crippen molar-refractivity contribution in [3.05, 3.63) is 29.0 Å². The van der Waals surface area contributed by atoms with E-state index in [1.807, 2.05) is 33.8 Å². The van der Waals surface area contributed by atoms with Crippen molar-refractivity contribution in [3.8, 4) is 5.75 Å². The van der Waals surface area contributed by atoms with Crippen LogP contribution < -0.4 is 4.74 Å². The maximum absolute atomic E-state index is 11.1.